The summed E-state index contributed by atoms with van der Waals surface area (Å²) in [5.74, 6) is 0.595. The van der Waals surface area contributed by atoms with Crippen LogP contribution in [0.5, 0.6) is 0 Å². The zero-order valence-electron chi connectivity index (χ0n) is 12.7. The Kier molecular flexibility index (Phi) is 4.99. The zero-order valence-corrected chi connectivity index (χ0v) is 12.7. The molecule has 4 heteroatoms. The van der Waals surface area contributed by atoms with E-state index in [0.717, 1.165) is 25.1 Å². The highest BCUT2D eigenvalue weighted by Gasteiger charge is 2.29. The number of hydrogen-bond donors (Lipinski definition) is 1. The number of carbonyl (C=O) groups is 1. The molecule has 1 saturated carbocycles. The molecule has 1 amide bonds. The first-order valence-corrected chi connectivity index (χ1v) is 7.56. The number of nitrogens with zero attached hydrogens (tertiary/aromatic N) is 2. The Morgan fingerprint density at radius 3 is 2.75 bits per heavy atom. The molecule has 1 aromatic rings. The largest absolute Gasteiger partial charge is 0.387 e. The van der Waals surface area contributed by atoms with E-state index in [4.69, 9.17) is 0 Å². The lowest BCUT2D eigenvalue weighted by molar-refractivity contribution is 0.0656. The third-order valence-electron chi connectivity index (χ3n) is 3.91. The van der Waals surface area contributed by atoms with Gasteiger partial charge < -0.3 is 10.2 Å². The van der Waals surface area contributed by atoms with Gasteiger partial charge in [-0.25, -0.2) is 0 Å². The summed E-state index contributed by atoms with van der Waals surface area (Å²) in [7, 11) is 1.84. The van der Waals surface area contributed by atoms with Gasteiger partial charge in [-0.2, -0.15) is 0 Å². The van der Waals surface area contributed by atoms with Crippen molar-refractivity contribution >= 4 is 11.6 Å². The fraction of sp³-hybridized carbons (Fsp3) is 0.625. The molecule has 1 aliphatic rings. The van der Waals surface area contributed by atoms with Crippen LogP contribution in [-0.4, -0.2) is 35.4 Å². The number of hydrogen-bond acceptors (Lipinski definition) is 3. The minimum Gasteiger partial charge on any atom is -0.387 e. The Labute approximate surface area is 121 Å². The lowest BCUT2D eigenvalue weighted by Gasteiger charge is -2.31. The van der Waals surface area contributed by atoms with Gasteiger partial charge in [-0.05, 0) is 24.8 Å². The van der Waals surface area contributed by atoms with Crippen LogP contribution < -0.4 is 5.32 Å². The van der Waals surface area contributed by atoms with Crippen LogP contribution in [0.2, 0.25) is 0 Å². The third-order valence-corrected chi connectivity index (χ3v) is 3.91. The smallest absolute Gasteiger partial charge is 0.257 e. The summed E-state index contributed by atoms with van der Waals surface area (Å²) in [5.41, 5.74) is 1.54. The Morgan fingerprint density at radius 2 is 2.15 bits per heavy atom. The Morgan fingerprint density at radius 1 is 1.45 bits per heavy atom. The molecule has 1 aromatic heterocycles. The molecule has 0 atom stereocenters. The molecule has 1 heterocycles. The van der Waals surface area contributed by atoms with Crippen LogP contribution in [0, 0.1) is 5.92 Å². The quantitative estimate of drug-likeness (QED) is 0.897. The topological polar surface area (TPSA) is 45.2 Å². The van der Waals surface area contributed by atoms with Crippen molar-refractivity contribution in [3.05, 3.63) is 24.0 Å². The summed E-state index contributed by atoms with van der Waals surface area (Å²) < 4.78 is 0. The number of aromatic nitrogens is 1. The Bertz CT molecular complexity index is 453. The second-order valence-electron chi connectivity index (χ2n) is 5.96. The predicted octanol–water partition coefficient (Wildman–Crippen LogP) is 3.16. The van der Waals surface area contributed by atoms with Gasteiger partial charge in [-0.1, -0.05) is 26.7 Å². The molecule has 1 N–H and O–H groups in total. The molecule has 0 aromatic carbocycles. The van der Waals surface area contributed by atoms with E-state index in [-0.39, 0.29) is 5.91 Å². The maximum Gasteiger partial charge on any atom is 0.257 e. The van der Waals surface area contributed by atoms with Gasteiger partial charge in [-0.3, -0.25) is 9.78 Å². The molecule has 20 heavy (non-hydrogen) atoms. The third kappa shape index (κ3) is 3.30. The Hall–Kier alpha value is -1.58. The zero-order chi connectivity index (χ0) is 14.5. The minimum absolute atomic E-state index is 0.114. The number of anilines is 1. The number of carbonyl (C=O) groups excluding carboxylic acids is 1. The molecule has 0 bridgehead atoms. The first-order chi connectivity index (χ1) is 9.63. The maximum absolute atomic E-state index is 12.9. The van der Waals surface area contributed by atoms with Crippen molar-refractivity contribution in [2.75, 3.05) is 18.9 Å². The van der Waals surface area contributed by atoms with E-state index >= 15 is 0 Å². The van der Waals surface area contributed by atoms with Gasteiger partial charge in [0.15, 0.2) is 0 Å². The molecular formula is C16H25N3O. The van der Waals surface area contributed by atoms with Crippen LogP contribution in [0.15, 0.2) is 18.5 Å². The lowest BCUT2D eigenvalue weighted by Crippen LogP contribution is -2.41. The molecule has 0 saturated heterocycles. The second-order valence-corrected chi connectivity index (χ2v) is 5.96. The SMILES string of the molecule is CNc1ccncc1C(=O)N(CC(C)C)C1CCCC1. The van der Waals surface area contributed by atoms with Gasteiger partial charge in [0.1, 0.15) is 0 Å². The van der Waals surface area contributed by atoms with Crippen LogP contribution in [0.1, 0.15) is 49.9 Å². The fourth-order valence-corrected chi connectivity index (χ4v) is 2.94. The first-order valence-electron chi connectivity index (χ1n) is 7.56. The molecule has 4 nitrogen and oxygen atoms in total. The van der Waals surface area contributed by atoms with Gasteiger partial charge in [0, 0.05) is 37.7 Å². The molecule has 0 radical (unpaired) electrons. The summed E-state index contributed by atoms with van der Waals surface area (Å²) in [5, 5.41) is 3.09. The normalized spacial score (nSPS) is 15.6. The number of rotatable bonds is 5. The molecular weight excluding hydrogens is 250 g/mol. The van der Waals surface area contributed by atoms with Crippen molar-refractivity contribution in [2.45, 2.75) is 45.6 Å². The number of amides is 1. The van der Waals surface area contributed by atoms with Crippen molar-refractivity contribution < 1.29 is 4.79 Å². The van der Waals surface area contributed by atoms with Crippen LogP contribution >= 0.6 is 0 Å². The average molecular weight is 275 g/mol. The van der Waals surface area contributed by atoms with Gasteiger partial charge in [0.25, 0.3) is 5.91 Å². The number of pyridine rings is 1. The highest BCUT2D eigenvalue weighted by molar-refractivity contribution is 5.99. The Balaban J connectivity index is 2.25. The van der Waals surface area contributed by atoms with E-state index in [9.17, 15) is 4.79 Å². The van der Waals surface area contributed by atoms with Crippen LogP contribution in [0.25, 0.3) is 0 Å². The van der Waals surface area contributed by atoms with E-state index in [1.54, 1.807) is 12.4 Å². The van der Waals surface area contributed by atoms with E-state index in [1.807, 2.05) is 13.1 Å². The van der Waals surface area contributed by atoms with Gasteiger partial charge in [0.2, 0.25) is 0 Å². The van der Waals surface area contributed by atoms with Crippen LogP contribution in [-0.2, 0) is 0 Å². The molecule has 1 fully saturated rings. The summed E-state index contributed by atoms with van der Waals surface area (Å²) >= 11 is 0. The minimum atomic E-state index is 0.114. The van der Waals surface area contributed by atoms with Crippen LogP contribution in [0.4, 0.5) is 5.69 Å². The van der Waals surface area contributed by atoms with Gasteiger partial charge in [0.05, 0.1) is 5.56 Å². The molecule has 1 aliphatic carbocycles. The van der Waals surface area contributed by atoms with Crippen molar-refractivity contribution in [1.29, 1.82) is 0 Å². The highest BCUT2D eigenvalue weighted by atomic mass is 16.2. The molecule has 110 valence electrons. The molecule has 0 aliphatic heterocycles. The van der Waals surface area contributed by atoms with Crippen molar-refractivity contribution in [2.24, 2.45) is 5.92 Å². The summed E-state index contributed by atoms with van der Waals surface area (Å²) in [6.45, 7) is 5.15. The first kappa shape index (κ1) is 14.8. The van der Waals surface area contributed by atoms with Crippen LogP contribution in [0.3, 0.4) is 0 Å². The summed E-state index contributed by atoms with van der Waals surface area (Å²) in [6.07, 6.45) is 8.12. The molecule has 2 rings (SSSR count). The number of nitrogens with one attached hydrogen (secondary N) is 1. The molecule has 0 spiro atoms. The van der Waals surface area contributed by atoms with Gasteiger partial charge in [-0.15, -0.1) is 0 Å². The van der Waals surface area contributed by atoms with E-state index in [2.05, 4.69) is 29.0 Å². The standard InChI is InChI=1S/C16H25N3O/c1-12(2)11-19(13-6-4-5-7-13)16(20)14-10-18-9-8-15(14)17-3/h8-10,12-13H,4-7,11H2,1-3H3,(H,17,18). The van der Waals surface area contributed by atoms with Crippen molar-refractivity contribution in [3.8, 4) is 0 Å². The average Bonchev–Trinajstić information content (AvgIpc) is 2.97. The predicted molar refractivity (Wildman–Crippen MR) is 81.9 cm³/mol. The van der Waals surface area contributed by atoms with Gasteiger partial charge >= 0.3 is 0 Å². The van der Waals surface area contributed by atoms with E-state index in [1.165, 1.54) is 12.8 Å². The maximum atomic E-state index is 12.9. The van der Waals surface area contributed by atoms with E-state index in [0.29, 0.717) is 17.5 Å². The monoisotopic (exact) mass is 275 g/mol. The second kappa shape index (κ2) is 6.73. The highest BCUT2D eigenvalue weighted by Crippen LogP contribution is 2.27. The lowest BCUT2D eigenvalue weighted by atomic mass is 10.1. The van der Waals surface area contributed by atoms with E-state index < -0.39 is 0 Å². The molecule has 0 unspecified atom stereocenters. The summed E-state index contributed by atoms with van der Waals surface area (Å²) in [4.78, 5) is 19.1. The fourth-order valence-electron chi connectivity index (χ4n) is 2.94. The summed E-state index contributed by atoms with van der Waals surface area (Å²) in [6, 6.07) is 2.25. The van der Waals surface area contributed by atoms with Crippen molar-refractivity contribution in [1.82, 2.24) is 9.88 Å². The van der Waals surface area contributed by atoms with Crippen molar-refractivity contribution in [3.63, 3.8) is 0 Å².